The van der Waals surface area contributed by atoms with Crippen LogP contribution in [-0.2, 0) is 17.7 Å². The lowest BCUT2D eigenvalue weighted by atomic mass is 9.95. The van der Waals surface area contributed by atoms with Gasteiger partial charge in [0, 0.05) is 54.3 Å². The number of nitrogens with zero attached hydrogens (tertiary/aromatic N) is 3. The third-order valence-electron chi connectivity index (χ3n) is 7.12. The highest BCUT2D eigenvalue weighted by Crippen LogP contribution is 2.42. The molecule has 1 saturated carbocycles. The number of para-hydroxylation sites is 1. The molecule has 0 amide bonds. The summed E-state index contributed by atoms with van der Waals surface area (Å²) in [7, 11) is 1.77. The second kappa shape index (κ2) is 10.5. The van der Waals surface area contributed by atoms with Gasteiger partial charge in [0.2, 0.25) is 0 Å². The largest absolute Gasteiger partial charge is 0.383 e. The first kappa shape index (κ1) is 23.5. The van der Waals surface area contributed by atoms with Crippen molar-refractivity contribution < 1.29 is 4.74 Å². The fraction of sp³-hybridized carbons (Fsp3) is 0.593. The van der Waals surface area contributed by atoms with E-state index in [2.05, 4.69) is 60.7 Å². The summed E-state index contributed by atoms with van der Waals surface area (Å²) in [5.74, 6) is 0. The van der Waals surface area contributed by atoms with Crippen molar-refractivity contribution in [3.05, 3.63) is 40.5 Å². The summed E-state index contributed by atoms with van der Waals surface area (Å²) in [6, 6.07) is 7.95. The number of fused-ring (bicyclic) bond motifs is 1. The van der Waals surface area contributed by atoms with Crippen LogP contribution in [0.25, 0.3) is 21.5 Å². The molecule has 0 saturated heterocycles. The van der Waals surface area contributed by atoms with Crippen molar-refractivity contribution in [2.24, 2.45) is 0 Å². The van der Waals surface area contributed by atoms with Crippen LogP contribution in [0, 0.1) is 6.92 Å². The molecule has 4 nitrogen and oxygen atoms in total. The van der Waals surface area contributed by atoms with E-state index in [1.807, 2.05) is 0 Å². The smallest absolute Gasteiger partial charge is 0.126 e. The highest BCUT2D eigenvalue weighted by molar-refractivity contribution is 7.13. The maximum atomic E-state index is 5.32. The van der Waals surface area contributed by atoms with Gasteiger partial charge in [-0.25, -0.2) is 4.98 Å². The zero-order chi connectivity index (χ0) is 22.7. The first-order valence-electron chi connectivity index (χ1n) is 12.3. The Bertz CT molecular complexity index is 1030. The van der Waals surface area contributed by atoms with Gasteiger partial charge in [-0.1, -0.05) is 44.4 Å². The monoisotopic (exact) mass is 453 g/mol. The Hall–Kier alpha value is -1.69. The van der Waals surface area contributed by atoms with E-state index in [0.717, 1.165) is 26.1 Å². The molecule has 0 spiro atoms. The summed E-state index contributed by atoms with van der Waals surface area (Å²) in [6.07, 6.45) is 7.75. The molecule has 4 rings (SSSR count). The quantitative estimate of drug-likeness (QED) is 0.349. The molecule has 0 unspecified atom stereocenters. The van der Waals surface area contributed by atoms with Crippen LogP contribution < -0.4 is 0 Å². The number of hydrogen-bond donors (Lipinski definition) is 0. The molecule has 174 valence electrons. The fourth-order valence-corrected chi connectivity index (χ4v) is 6.26. The van der Waals surface area contributed by atoms with E-state index in [-0.39, 0.29) is 0 Å². The highest BCUT2D eigenvalue weighted by Gasteiger charge is 2.25. The lowest BCUT2D eigenvalue weighted by Crippen LogP contribution is -2.33. The van der Waals surface area contributed by atoms with Crippen molar-refractivity contribution in [1.82, 2.24) is 14.5 Å². The normalized spacial score (nSPS) is 15.5. The highest BCUT2D eigenvalue weighted by atomic mass is 32.1. The van der Waals surface area contributed by atoms with E-state index in [1.54, 1.807) is 18.4 Å². The van der Waals surface area contributed by atoms with Gasteiger partial charge < -0.3 is 9.30 Å². The van der Waals surface area contributed by atoms with E-state index in [1.165, 1.54) is 70.5 Å². The first-order valence-corrected chi connectivity index (χ1v) is 13.2. The van der Waals surface area contributed by atoms with E-state index < -0.39 is 0 Å². The molecule has 2 heterocycles. The van der Waals surface area contributed by atoms with Gasteiger partial charge in [0.15, 0.2) is 0 Å². The van der Waals surface area contributed by atoms with E-state index in [9.17, 15) is 0 Å². The van der Waals surface area contributed by atoms with E-state index >= 15 is 0 Å². The predicted molar refractivity (Wildman–Crippen MR) is 137 cm³/mol. The van der Waals surface area contributed by atoms with Gasteiger partial charge >= 0.3 is 0 Å². The molecular weight excluding hydrogens is 414 g/mol. The van der Waals surface area contributed by atoms with Crippen molar-refractivity contribution in [1.29, 1.82) is 0 Å². The van der Waals surface area contributed by atoms with Gasteiger partial charge in [-0.05, 0) is 45.6 Å². The van der Waals surface area contributed by atoms with Crippen LogP contribution in [0.3, 0.4) is 0 Å². The third kappa shape index (κ3) is 4.66. The van der Waals surface area contributed by atoms with E-state index in [4.69, 9.17) is 9.72 Å². The number of thiazole rings is 1. The van der Waals surface area contributed by atoms with Gasteiger partial charge in [0.25, 0.3) is 0 Å². The number of rotatable bonds is 9. The molecule has 1 aromatic carbocycles. The molecule has 0 aliphatic heterocycles. The molecule has 5 heteroatoms. The molecule has 0 radical (unpaired) electrons. The van der Waals surface area contributed by atoms with Gasteiger partial charge in [0.1, 0.15) is 5.01 Å². The number of benzene rings is 1. The molecular formula is C27H39N3OS. The Morgan fingerprint density at radius 1 is 1.22 bits per heavy atom. The van der Waals surface area contributed by atoms with Crippen LogP contribution >= 0.6 is 11.3 Å². The van der Waals surface area contributed by atoms with Gasteiger partial charge in [-0.3, -0.25) is 4.90 Å². The van der Waals surface area contributed by atoms with Crippen LogP contribution in [0.2, 0.25) is 0 Å². The lowest BCUT2D eigenvalue weighted by molar-refractivity contribution is 0.124. The Morgan fingerprint density at radius 2 is 2.00 bits per heavy atom. The van der Waals surface area contributed by atoms with Crippen molar-refractivity contribution in [3.63, 3.8) is 0 Å². The molecule has 1 aliphatic rings. The summed E-state index contributed by atoms with van der Waals surface area (Å²) in [6.45, 7) is 11.7. The second-order valence-corrected chi connectivity index (χ2v) is 10.3. The van der Waals surface area contributed by atoms with Crippen molar-refractivity contribution in [2.75, 3.05) is 20.3 Å². The lowest BCUT2D eigenvalue weighted by Gasteiger charge is -2.26. The van der Waals surface area contributed by atoms with Crippen LogP contribution in [0.1, 0.15) is 75.9 Å². The third-order valence-corrected chi connectivity index (χ3v) is 8.03. The van der Waals surface area contributed by atoms with Crippen molar-refractivity contribution >= 4 is 22.2 Å². The number of methoxy groups -OCH3 is 1. The number of aromatic nitrogens is 2. The molecule has 1 fully saturated rings. The van der Waals surface area contributed by atoms with Crippen LogP contribution in [0.15, 0.2) is 23.6 Å². The zero-order valence-electron chi connectivity index (χ0n) is 20.5. The molecule has 0 bridgehead atoms. The minimum atomic E-state index is 0.470. The summed E-state index contributed by atoms with van der Waals surface area (Å²) in [5.41, 5.74) is 6.83. The van der Waals surface area contributed by atoms with Crippen molar-refractivity contribution in [3.8, 4) is 10.6 Å². The molecule has 32 heavy (non-hydrogen) atoms. The predicted octanol–water partition coefficient (Wildman–Crippen LogP) is 7.00. The second-order valence-electron chi connectivity index (χ2n) is 9.49. The minimum Gasteiger partial charge on any atom is -0.383 e. The average molecular weight is 454 g/mol. The SMILES string of the molecule is CCc1cccc2c(-c3nc(CN(CCOC)C(C)C)cs3)c(C)n(C3CCCCC3)c12. The molecule has 2 aromatic heterocycles. The van der Waals surface area contributed by atoms with Crippen LogP contribution in [0.5, 0.6) is 0 Å². The summed E-state index contributed by atoms with van der Waals surface area (Å²) in [4.78, 5) is 7.60. The minimum absolute atomic E-state index is 0.470. The van der Waals surface area contributed by atoms with Gasteiger partial charge in [-0.15, -0.1) is 11.3 Å². The maximum Gasteiger partial charge on any atom is 0.126 e. The maximum absolute atomic E-state index is 5.32. The Balaban J connectivity index is 1.74. The summed E-state index contributed by atoms with van der Waals surface area (Å²) in [5, 5.41) is 4.80. The molecule has 3 aromatic rings. The Kier molecular flexibility index (Phi) is 7.70. The molecule has 0 N–H and O–H groups in total. The Labute approximate surface area is 197 Å². The molecule has 0 atom stereocenters. The first-order chi connectivity index (χ1) is 15.5. The zero-order valence-corrected chi connectivity index (χ0v) is 21.3. The standard InChI is InChI=1S/C27H39N3OS/c1-6-21-11-10-14-24-25(20(4)30(26(21)24)23-12-8-7-9-13-23)27-28-22(18-32-27)17-29(19(2)3)15-16-31-5/h10-11,14,18-19,23H,6-9,12-13,15-17H2,1-5H3. The summed E-state index contributed by atoms with van der Waals surface area (Å²) < 4.78 is 8.00. The van der Waals surface area contributed by atoms with Crippen LogP contribution in [-0.4, -0.2) is 40.8 Å². The molecule has 1 aliphatic carbocycles. The topological polar surface area (TPSA) is 30.3 Å². The van der Waals surface area contributed by atoms with Crippen molar-refractivity contribution in [2.45, 2.75) is 84.8 Å². The number of hydrogen-bond acceptors (Lipinski definition) is 4. The van der Waals surface area contributed by atoms with E-state index in [0.29, 0.717) is 12.1 Å². The average Bonchev–Trinajstić information content (AvgIpc) is 3.37. The number of ether oxygens (including phenoxy) is 1. The summed E-state index contributed by atoms with van der Waals surface area (Å²) >= 11 is 1.80. The van der Waals surface area contributed by atoms with Crippen LogP contribution in [0.4, 0.5) is 0 Å². The Morgan fingerprint density at radius 3 is 2.69 bits per heavy atom. The van der Waals surface area contributed by atoms with Gasteiger partial charge in [0.05, 0.1) is 17.8 Å². The number of aryl methyl sites for hydroxylation is 1. The van der Waals surface area contributed by atoms with Gasteiger partial charge in [-0.2, -0.15) is 0 Å². The fourth-order valence-electron chi connectivity index (χ4n) is 5.34.